The fourth-order valence-corrected chi connectivity index (χ4v) is 2.03. The van der Waals surface area contributed by atoms with Gasteiger partial charge in [-0.05, 0) is 43.4 Å². The van der Waals surface area contributed by atoms with Crippen molar-refractivity contribution in [2.24, 2.45) is 11.0 Å². The molecule has 17 heavy (non-hydrogen) atoms. The number of allylic oxidation sites excluding steroid dienone is 2. The Bertz CT molecular complexity index is 441. The molecular formula is C13H14Cl2N2. The number of hydrogen-bond acceptors (Lipinski definition) is 2. The van der Waals surface area contributed by atoms with E-state index in [1.165, 1.54) is 6.42 Å². The van der Waals surface area contributed by atoms with Gasteiger partial charge in [-0.2, -0.15) is 5.10 Å². The highest BCUT2D eigenvalue weighted by Gasteiger charge is 2.06. The maximum atomic E-state index is 5.91. The van der Waals surface area contributed by atoms with Crippen molar-refractivity contribution < 1.29 is 0 Å². The van der Waals surface area contributed by atoms with E-state index in [9.17, 15) is 0 Å². The third-order valence-corrected chi connectivity index (χ3v) is 3.45. The summed E-state index contributed by atoms with van der Waals surface area (Å²) < 4.78 is 0. The van der Waals surface area contributed by atoms with E-state index in [0.29, 0.717) is 16.0 Å². The van der Waals surface area contributed by atoms with Crippen molar-refractivity contribution in [2.45, 2.75) is 19.3 Å². The molecule has 1 aromatic carbocycles. The third-order valence-electron chi connectivity index (χ3n) is 2.71. The van der Waals surface area contributed by atoms with Crippen LogP contribution in [0, 0.1) is 5.92 Å². The van der Waals surface area contributed by atoms with E-state index in [1.54, 1.807) is 12.1 Å². The van der Waals surface area contributed by atoms with Crippen molar-refractivity contribution >= 4 is 35.1 Å². The Morgan fingerprint density at radius 2 is 2.12 bits per heavy atom. The molecule has 0 amide bonds. The number of rotatable bonds is 3. The molecule has 1 aliphatic carbocycles. The van der Waals surface area contributed by atoms with Gasteiger partial charge < -0.3 is 0 Å². The minimum Gasteiger partial charge on any atom is -0.279 e. The molecule has 90 valence electrons. The average molecular weight is 269 g/mol. The van der Waals surface area contributed by atoms with E-state index < -0.39 is 0 Å². The average Bonchev–Trinajstić information content (AvgIpc) is 2.35. The van der Waals surface area contributed by atoms with Gasteiger partial charge in [0.1, 0.15) is 0 Å². The van der Waals surface area contributed by atoms with Gasteiger partial charge in [0.15, 0.2) is 0 Å². The molecule has 0 saturated heterocycles. The fourth-order valence-electron chi connectivity index (χ4n) is 1.74. The predicted octanol–water partition coefficient (Wildman–Crippen LogP) is 4.75. The zero-order chi connectivity index (χ0) is 12.1. The minimum atomic E-state index is 0.535. The van der Waals surface area contributed by atoms with Gasteiger partial charge in [-0.25, -0.2) is 0 Å². The van der Waals surface area contributed by atoms with E-state index in [0.717, 1.165) is 18.5 Å². The van der Waals surface area contributed by atoms with Gasteiger partial charge in [-0.3, -0.25) is 5.43 Å². The first kappa shape index (κ1) is 12.5. The number of nitrogens with zero attached hydrogens (tertiary/aromatic N) is 1. The van der Waals surface area contributed by atoms with Crippen molar-refractivity contribution in [3.63, 3.8) is 0 Å². The molecule has 2 nitrogen and oxygen atoms in total. The number of hydrogen-bond donors (Lipinski definition) is 1. The lowest BCUT2D eigenvalue weighted by molar-refractivity contribution is 0.627. The largest absolute Gasteiger partial charge is 0.279 e. The first-order chi connectivity index (χ1) is 8.25. The lowest BCUT2D eigenvalue weighted by Gasteiger charge is -2.12. The molecule has 2 rings (SSSR count). The van der Waals surface area contributed by atoms with Gasteiger partial charge in [0.25, 0.3) is 0 Å². The molecule has 1 aromatic rings. The molecular weight excluding hydrogens is 255 g/mol. The van der Waals surface area contributed by atoms with Crippen LogP contribution in [0.1, 0.15) is 19.3 Å². The van der Waals surface area contributed by atoms with Gasteiger partial charge >= 0.3 is 0 Å². The Labute approximate surface area is 111 Å². The van der Waals surface area contributed by atoms with Gasteiger partial charge in [0.05, 0.1) is 15.7 Å². The van der Waals surface area contributed by atoms with Crippen LogP contribution in [0.5, 0.6) is 0 Å². The molecule has 1 atom stereocenters. The molecule has 1 aliphatic rings. The zero-order valence-electron chi connectivity index (χ0n) is 9.37. The van der Waals surface area contributed by atoms with Crippen LogP contribution < -0.4 is 5.43 Å². The second-order valence-electron chi connectivity index (χ2n) is 4.06. The Morgan fingerprint density at radius 3 is 2.82 bits per heavy atom. The lowest BCUT2D eigenvalue weighted by atomic mass is 9.96. The molecule has 4 heteroatoms. The highest BCUT2D eigenvalue weighted by atomic mass is 35.5. The summed E-state index contributed by atoms with van der Waals surface area (Å²) in [5.74, 6) is 0.537. The number of anilines is 1. The summed E-state index contributed by atoms with van der Waals surface area (Å²) in [5, 5.41) is 5.31. The molecule has 0 saturated carbocycles. The normalized spacial score (nSPS) is 19.8. The third kappa shape index (κ3) is 3.76. The van der Waals surface area contributed by atoms with Crippen molar-refractivity contribution in [2.75, 3.05) is 5.43 Å². The number of halogens is 2. The van der Waals surface area contributed by atoms with Crippen LogP contribution in [0.25, 0.3) is 0 Å². The van der Waals surface area contributed by atoms with Gasteiger partial charge in [0.2, 0.25) is 0 Å². The topological polar surface area (TPSA) is 24.4 Å². The molecule has 0 heterocycles. The lowest BCUT2D eigenvalue weighted by Crippen LogP contribution is -2.05. The van der Waals surface area contributed by atoms with Crippen LogP contribution in [-0.2, 0) is 0 Å². The van der Waals surface area contributed by atoms with Crippen molar-refractivity contribution in [3.05, 3.63) is 40.4 Å². The summed E-state index contributed by atoms with van der Waals surface area (Å²) in [6.07, 6.45) is 9.78. The highest BCUT2D eigenvalue weighted by Crippen LogP contribution is 2.25. The first-order valence-electron chi connectivity index (χ1n) is 5.65. The highest BCUT2D eigenvalue weighted by molar-refractivity contribution is 6.42. The van der Waals surface area contributed by atoms with Crippen LogP contribution in [0.15, 0.2) is 35.5 Å². The molecule has 0 aliphatic heterocycles. The number of benzene rings is 1. The molecule has 0 radical (unpaired) electrons. The summed E-state index contributed by atoms with van der Waals surface area (Å²) >= 11 is 11.7. The summed E-state index contributed by atoms with van der Waals surface area (Å²) in [6, 6.07) is 5.37. The molecule has 0 spiro atoms. The number of hydrazone groups is 1. The van der Waals surface area contributed by atoms with Crippen molar-refractivity contribution in [1.29, 1.82) is 0 Å². The van der Waals surface area contributed by atoms with E-state index in [1.807, 2.05) is 12.3 Å². The molecule has 1 unspecified atom stereocenters. The van der Waals surface area contributed by atoms with Crippen molar-refractivity contribution in [1.82, 2.24) is 0 Å². The molecule has 1 N–H and O–H groups in total. The summed E-state index contributed by atoms with van der Waals surface area (Å²) in [5.41, 5.74) is 3.81. The summed E-state index contributed by atoms with van der Waals surface area (Å²) in [7, 11) is 0. The first-order valence-corrected chi connectivity index (χ1v) is 6.40. The van der Waals surface area contributed by atoms with Gasteiger partial charge in [-0.1, -0.05) is 35.4 Å². The van der Waals surface area contributed by atoms with E-state index in [4.69, 9.17) is 23.2 Å². The smallest absolute Gasteiger partial charge is 0.0613 e. The second-order valence-corrected chi connectivity index (χ2v) is 4.88. The number of nitrogens with one attached hydrogen (secondary N) is 1. The van der Waals surface area contributed by atoms with Crippen LogP contribution in [0.2, 0.25) is 10.0 Å². The van der Waals surface area contributed by atoms with Crippen LogP contribution in [-0.4, -0.2) is 6.21 Å². The summed E-state index contributed by atoms with van der Waals surface area (Å²) in [4.78, 5) is 0. The Balaban J connectivity index is 1.90. The van der Waals surface area contributed by atoms with Gasteiger partial charge in [-0.15, -0.1) is 0 Å². The maximum Gasteiger partial charge on any atom is 0.0613 e. The summed E-state index contributed by atoms with van der Waals surface area (Å²) in [6.45, 7) is 0. The van der Waals surface area contributed by atoms with Gasteiger partial charge in [0, 0.05) is 6.21 Å². The standard InChI is InChI=1S/C13H14Cl2N2/c14-12-7-6-11(8-13(12)15)17-16-9-10-4-2-1-3-5-10/h1-2,6-10,17H,3-5H2. The van der Waals surface area contributed by atoms with E-state index in [2.05, 4.69) is 22.7 Å². The van der Waals surface area contributed by atoms with Crippen molar-refractivity contribution in [3.8, 4) is 0 Å². The monoisotopic (exact) mass is 268 g/mol. The zero-order valence-corrected chi connectivity index (χ0v) is 10.9. The molecule has 0 aromatic heterocycles. The van der Waals surface area contributed by atoms with E-state index >= 15 is 0 Å². The Kier molecular flexibility index (Phi) is 4.46. The van der Waals surface area contributed by atoms with Crippen LogP contribution >= 0.6 is 23.2 Å². The predicted molar refractivity (Wildman–Crippen MR) is 75.1 cm³/mol. The second kappa shape index (κ2) is 6.08. The Hall–Kier alpha value is -0.990. The minimum absolute atomic E-state index is 0.535. The fraction of sp³-hybridized carbons (Fsp3) is 0.308. The molecule has 0 fully saturated rings. The van der Waals surface area contributed by atoms with Crippen LogP contribution in [0.4, 0.5) is 5.69 Å². The van der Waals surface area contributed by atoms with Crippen LogP contribution in [0.3, 0.4) is 0 Å². The van der Waals surface area contributed by atoms with E-state index in [-0.39, 0.29) is 0 Å². The Morgan fingerprint density at radius 1 is 1.24 bits per heavy atom. The molecule has 0 bridgehead atoms. The SMILES string of the molecule is Clc1ccc(NN=CC2CC=CCC2)cc1Cl. The quantitative estimate of drug-likeness (QED) is 0.478. The maximum absolute atomic E-state index is 5.91.